The van der Waals surface area contributed by atoms with E-state index in [9.17, 15) is 23.3 Å². The Morgan fingerprint density at radius 2 is 1.77 bits per heavy atom. The highest BCUT2D eigenvalue weighted by molar-refractivity contribution is 7.89. The summed E-state index contributed by atoms with van der Waals surface area (Å²) in [5.74, 6) is 0. The minimum atomic E-state index is -3.74. The smallest absolute Gasteiger partial charge is 0.320 e. The van der Waals surface area contributed by atoms with E-state index in [0.29, 0.717) is 11.3 Å². The van der Waals surface area contributed by atoms with Crippen molar-refractivity contribution in [2.24, 2.45) is 0 Å². The number of carbonyl (C=O) groups excluding carboxylic acids is 1. The Labute approximate surface area is 150 Å². The largest absolute Gasteiger partial charge is 0.324 e. The first-order chi connectivity index (χ1) is 12.2. The maximum Gasteiger partial charge on any atom is 0.320 e. The van der Waals surface area contributed by atoms with E-state index in [1.807, 2.05) is 6.92 Å². The van der Waals surface area contributed by atoms with E-state index in [1.54, 1.807) is 19.1 Å². The Bertz CT molecular complexity index is 926. The molecule has 0 bridgehead atoms. The number of sulfonamides is 1. The fourth-order valence-corrected chi connectivity index (χ4v) is 3.00. The van der Waals surface area contributed by atoms with Crippen LogP contribution >= 0.6 is 0 Å². The second kappa shape index (κ2) is 7.93. The molecule has 0 saturated heterocycles. The summed E-state index contributed by atoms with van der Waals surface area (Å²) in [7, 11) is -3.74. The lowest BCUT2D eigenvalue weighted by Crippen LogP contribution is -2.39. The highest BCUT2D eigenvalue weighted by Gasteiger charge is 2.14. The van der Waals surface area contributed by atoms with E-state index in [0.717, 1.165) is 5.56 Å². The zero-order valence-corrected chi connectivity index (χ0v) is 15.0. The molecule has 26 heavy (non-hydrogen) atoms. The van der Waals surface area contributed by atoms with Crippen molar-refractivity contribution in [3.63, 3.8) is 0 Å². The molecule has 0 atom stereocenters. The van der Waals surface area contributed by atoms with Crippen LogP contribution in [0.15, 0.2) is 47.4 Å². The molecule has 0 spiro atoms. The molecular weight excluding hydrogens is 360 g/mol. The SMILES string of the molecule is Cc1ccc(S(=O)(=O)NCNC(=O)Nc2ccc([N+](=O)[O-])cc2C)cc1. The van der Waals surface area contributed by atoms with Gasteiger partial charge in [-0.1, -0.05) is 17.7 Å². The number of benzene rings is 2. The van der Waals surface area contributed by atoms with Crippen molar-refractivity contribution in [3.8, 4) is 0 Å². The number of nitro benzene ring substituents is 1. The molecule has 2 amide bonds. The molecule has 3 N–H and O–H groups in total. The molecular formula is C16H18N4O5S. The van der Waals surface area contributed by atoms with Crippen LogP contribution in [0.1, 0.15) is 11.1 Å². The van der Waals surface area contributed by atoms with E-state index in [4.69, 9.17) is 0 Å². The highest BCUT2D eigenvalue weighted by Crippen LogP contribution is 2.20. The second-order valence-corrected chi connectivity index (χ2v) is 7.29. The number of amides is 2. The topological polar surface area (TPSA) is 130 Å². The van der Waals surface area contributed by atoms with Gasteiger partial charge in [0.25, 0.3) is 5.69 Å². The summed E-state index contributed by atoms with van der Waals surface area (Å²) in [5, 5.41) is 15.6. The van der Waals surface area contributed by atoms with Gasteiger partial charge in [-0.25, -0.2) is 13.2 Å². The standard InChI is InChI=1S/C16H18N4O5S/c1-11-3-6-14(7-4-11)26(24,25)18-10-17-16(21)19-15-8-5-13(20(22)23)9-12(15)2/h3-9,18H,10H2,1-2H3,(H2,17,19,21). The Morgan fingerprint density at radius 1 is 1.12 bits per heavy atom. The van der Waals surface area contributed by atoms with Crippen LogP contribution in [0.4, 0.5) is 16.2 Å². The van der Waals surface area contributed by atoms with Crippen LogP contribution in [0.2, 0.25) is 0 Å². The van der Waals surface area contributed by atoms with Crippen molar-refractivity contribution >= 4 is 27.4 Å². The summed E-state index contributed by atoms with van der Waals surface area (Å²) in [6.45, 7) is 3.15. The summed E-state index contributed by atoms with van der Waals surface area (Å²) in [5.41, 5.74) is 1.74. The number of hydrogen-bond acceptors (Lipinski definition) is 5. The summed E-state index contributed by atoms with van der Waals surface area (Å²) in [6, 6.07) is 9.64. The van der Waals surface area contributed by atoms with Gasteiger partial charge in [0.2, 0.25) is 10.0 Å². The molecule has 9 nitrogen and oxygen atoms in total. The van der Waals surface area contributed by atoms with Crippen LogP contribution in [0.25, 0.3) is 0 Å². The van der Waals surface area contributed by atoms with Gasteiger partial charge in [0.05, 0.1) is 16.5 Å². The minimum Gasteiger partial charge on any atom is -0.324 e. The molecule has 0 unspecified atom stereocenters. The van der Waals surface area contributed by atoms with Gasteiger partial charge in [-0.2, -0.15) is 4.72 Å². The van der Waals surface area contributed by atoms with Gasteiger partial charge in [-0.05, 0) is 37.6 Å². The van der Waals surface area contributed by atoms with Gasteiger partial charge in [0.15, 0.2) is 0 Å². The van der Waals surface area contributed by atoms with Gasteiger partial charge in [0.1, 0.15) is 0 Å². The fourth-order valence-electron chi connectivity index (χ4n) is 2.08. The van der Waals surface area contributed by atoms with Gasteiger partial charge >= 0.3 is 6.03 Å². The number of hydrogen-bond donors (Lipinski definition) is 3. The van der Waals surface area contributed by atoms with Crippen LogP contribution in [-0.2, 0) is 10.0 Å². The van der Waals surface area contributed by atoms with Crippen LogP contribution in [0.5, 0.6) is 0 Å². The minimum absolute atomic E-state index is 0.0840. The molecule has 2 aromatic rings. The molecule has 138 valence electrons. The zero-order valence-electron chi connectivity index (χ0n) is 14.1. The van der Waals surface area contributed by atoms with E-state index in [1.165, 1.54) is 30.3 Å². The molecule has 2 rings (SSSR count). The molecule has 0 aromatic heterocycles. The van der Waals surface area contributed by atoms with Crippen LogP contribution in [0.3, 0.4) is 0 Å². The van der Waals surface area contributed by atoms with Crippen molar-refractivity contribution in [1.29, 1.82) is 0 Å². The molecule has 0 aliphatic carbocycles. The van der Waals surface area contributed by atoms with Crippen LogP contribution in [0, 0.1) is 24.0 Å². The average Bonchev–Trinajstić information content (AvgIpc) is 2.56. The van der Waals surface area contributed by atoms with Gasteiger partial charge < -0.3 is 10.6 Å². The fraction of sp³-hybridized carbons (Fsp3) is 0.188. The number of aryl methyl sites for hydroxylation is 2. The summed E-state index contributed by atoms with van der Waals surface area (Å²) in [4.78, 5) is 22.1. The Kier molecular flexibility index (Phi) is 5.90. The van der Waals surface area contributed by atoms with Crippen LogP contribution < -0.4 is 15.4 Å². The third-order valence-electron chi connectivity index (χ3n) is 3.51. The number of urea groups is 1. The molecule has 0 radical (unpaired) electrons. The number of anilines is 1. The summed E-state index contributed by atoms with van der Waals surface area (Å²) < 4.78 is 26.4. The molecule has 0 saturated carbocycles. The van der Waals surface area contributed by atoms with E-state index >= 15 is 0 Å². The molecule has 0 heterocycles. The number of nitrogens with zero attached hydrogens (tertiary/aromatic N) is 1. The predicted octanol–water partition coefficient (Wildman–Crippen LogP) is 2.27. The molecule has 10 heteroatoms. The number of rotatable bonds is 6. The maximum absolute atomic E-state index is 12.1. The van der Waals surface area contributed by atoms with Gasteiger partial charge in [-0.3, -0.25) is 10.1 Å². The third kappa shape index (κ3) is 5.01. The zero-order chi connectivity index (χ0) is 19.3. The molecule has 0 aliphatic rings. The number of nitro groups is 1. The first-order valence-corrected chi connectivity index (χ1v) is 9.03. The lowest BCUT2D eigenvalue weighted by Gasteiger charge is -2.11. The molecule has 0 fully saturated rings. The third-order valence-corrected chi connectivity index (χ3v) is 4.93. The van der Waals surface area contributed by atoms with Crippen LogP contribution in [-0.4, -0.2) is 26.0 Å². The van der Waals surface area contributed by atoms with Crippen molar-refractivity contribution in [2.45, 2.75) is 18.7 Å². The number of nitrogens with one attached hydrogen (secondary N) is 3. The van der Waals surface area contributed by atoms with Crippen molar-refractivity contribution in [1.82, 2.24) is 10.0 Å². The Morgan fingerprint density at radius 3 is 2.35 bits per heavy atom. The van der Waals surface area contributed by atoms with Crippen molar-refractivity contribution in [3.05, 3.63) is 63.7 Å². The van der Waals surface area contributed by atoms with Gasteiger partial charge in [-0.15, -0.1) is 0 Å². The highest BCUT2D eigenvalue weighted by atomic mass is 32.2. The normalized spacial score (nSPS) is 11.0. The monoisotopic (exact) mass is 378 g/mol. The number of carbonyl (C=O) groups is 1. The van der Waals surface area contributed by atoms with E-state index < -0.39 is 21.0 Å². The maximum atomic E-state index is 12.1. The van der Waals surface area contributed by atoms with Crippen molar-refractivity contribution in [2.75, 3.05) is 12.0 Å². The van der Waals surface area contributed by atoms with E-state index in [2.05, 4.69) is 15.4 Å². The second-order valence-electron chi connectivity index (χ2n) is 5.52. The first kappa shape index (κ1) is 19.3. The predicted molar refractivity (Wildman–Crippen MR) is 96.4 cm³/mol. The molecule has 0 aliphatic heterocycles. The average molecular weight is 378 g/mol. The first-order valence-electron chi connectivity index (χ1n) is 7.55. The molecule has 2 aromatic carbocycles. The summed E-state index contributed by atoms with van der Waals surface area (Å²) >= 11 is 0. The lowest BCUT2D eigenvalue weighted by molar-refractivity contribution is -0.384. The quantitative estimate of drug-likeness (QED) is 0.403. The van der Waals surface area contributed by atoms with Gasteiger partial charge in [0, 0.05) is 17.8 Å². The Balaban J connectivity index is 1.91. The summed E-state index contributed by atoms with van der Waals surface area (Å²) in [6.07, 6.45) is 0. The van der Waals surface area contributed by atoms with E-state index in [-0.39, 0.29) is 17.3 Å². The van der Waals surface area contributed by atoms with Crippen molar-refractivity contribution < 1.29 is 18.1 Å². The number of non-ortho nitro benzene ring substituents is 1. The lowest BCUT2D eigenvalue weighted by atomic mass is 10.2. The Hall–Kier alpha value is -2.98.